The number of furan rings is 1. The maximum Gasteiger partial charge on any atom is 0.227 e. The molecule has 0 atom stereocenters. The van der Waals surface area contributed by atoms with E-state index in [-0.39, 0.29) is 5.91 Å². The lowest BCUT2D eigenvalue weighted by atomic mass is 9.92. The van der Waals surface area contributed by atoms with E-state index in [4.69, 9.17) is 4.42 Å². The lowest BCUT2D eigenvalue weighted by molar-refractivity contribution is -0.128. The summed E-state index contributed by atoms with van der Waals surface area (Å²) in [5.74, 6) is 1.61. The van der Waals surface area contributed by atoms with Gasteiger partial charge in [0.1, 0.15) is 5.76 Å². The number of carbonyl (C=O) groups excluding carboxylic acids is 1. The van der Waals surface area contributed by atoms with Crippen molar-refractivity contribution in [3.8, 4) is 0 Å². The highest BCUT2D eigenvalue weighted by atomic mass is 79.9. The van der Waals surface area contributed by atoms with Crippen molar-refractivity contribution in [1.82, 2.24) is 16.0 Å². The normalized spacial score (nSPS) is 11.9. The van der Waals surface area contributed by atoms with Gasteiger partial charge in [0.25, 0.3) is 0 Å². The van der Waals surface area contributed by atoms with Crippen LogP contribution in [0.5, 0.6) is 0 Å². The van der Waals surface area contributed by atoms with Crippen molar-refractivity contribution in [3.05, 3.63) is 58.5 Å². The molecule has 0 spiro atoms. The fourth-order valence-electron chi connectivity index (χ4n) is 2.48. The summed E-state index contributed by atoms with van der Waals surface area (Å²) in [4.78, 5) is 16.9. The first kappa shape index (κ1) is 22.0. The van der Waals surface area contributed by atoms with Gasteiger partial charge in [-0.1, -0.05) is 28.1 Å². The lowest BCUT2D eigenvalue weighted by Gasteiger charge is -2.25. The molecule has 2 aromatic rings. The van der Waals surface area contributed by atoms with Crippen LogP contribution in [0.4, 0.5) is 0 Å². The molecule has 0 aliphatic carbocycles. The van der Waals surface area contributed by atoms with E-state index in [0.717, 1.165) is 22.2 Å². The van der Waals surface area contributed by atoms with Crippen LogP contribution in [0, 0.1) is 5.41 Å². The van der Waals surface area contributed by atoms with E-state index >= 15 is 0 Å². The van der Waals surface area contributed by atoms with Crippen LogP contribution in [0.25, 0.3) is 0 Å². The average molecular weight is 449 g/mol. The van der Waals surface area contributed by atoms with Crippen LogP contribution in [0.1, 0.15) is 32.1 Å². The molecule has 7 heteroatoms. The topological polar surface area (TPSA) is 78.7 Å². The summed E-state index contributed by atoms with van der Waals surface area (Å²) in [5, 5.41) is 9.50. The van der Waals surface area contributed by atoms with Crippen LogP contribution in [-0.4, -0.2) is 31.5 Å². The minimum absolute atomic E-state index is 0.0188. The van der Waals surface area contributed by atoms with Crippen LogP contribution in [-0.2, 0) is 17.8 Å². The Labute approximate surface area is 175 Å². The van der Waals surface area contributed by atoms with Crippen molar-refractivity contribution in [2.45, 2.75) is 33.7 Å². The Balaban J connectivity index is 1.98. The monoisotopic (exact) mass is 448 g/mol. The third-order valence-corrected chi connectivity index (χ3v) is 4.76. The van der Waals surface area contributed by atoms with Crippen molar-refractivity contribution < 1.29 is 9.21 Å². The summed E-state index contributed by atoms with van der Waals surface area (Å²) in [7, 11) is 0. The molecule has 1 aromatic carbocycles. The number of rotatable bonds is 9. The molecule has 0 aliphatic heterocycles. The molecular formula is C21H29BrN4O2. The van der Waals surface area contributed by atoms with E-state index in [9.17, 15) is 4.79 Å². The smallest absolute Gasteiger partial charge is 0.227 e. The van der Waals surface area contributed by atoms with Crippen LogP contribution >= 0.6 is 15.9 Å². The second-order valence-electron chi connectivity index (χ2n) is 7.14. The quantitative estimate of drug-likeness (QED) is 0.405. The van der Waals surface area contributed by atoms with Gasteiger partial charge in [-0.2, -0.15) is 0 Å². The number of halogens is 1. The number of hydrogen-bond acceptors (Lipinski definition) is 3. The maximum atomic E-state index is 12.2. The van der Waals surface area contributed by atoms with Crippen LogP contribution in [0.15, 0.2) is 56.5 Å². The molecule has 1 heterocycles. The van der Waals surface area contributed by atoms with Gasteiger partial charge in [0, 0.05) is 30.5 Å². The third kappa shape index (κ3) is 7.38. The zero-order valence-corrected chi connectivity index (χ0v) is 18.3. The van der Waals surface area contributed by atoms with E-state index in [2.05, 4.69) is 36.9 Å². The van der Waals surface area contributed by atoms with Crippen molar-refractivity contribution in [1.29, 1.82) is 0 Å². The Hall–Kier alpha value is -2.28. The van der Waals surface area contributed by atoms with E-state index in [0.29, 0.717) is 32.1 Å². The Morgan fingerprint density at radius 3 is 2.54 bits per heavy atom. The van der Waals surface area contributed by atoms with Crippen LogP contribution < -0.4 is 16.0 Å². The van der Waals surface area contributed by atoms with Crippen LogP contribution in [0.2, 0.25) is 0 Å². The predicted molar refractivity (Wildman–Crippen MR) is 116 cm³/mol. The highest BCUT2D eigenvalue weighted by Gasteiger charge is 2.27. The largest absolute Gasteiger partial charge is 0.469 e. The number of benzene rings is 1. The molecule has 6 nitrogen and oxygen atoms in total. The highest BCUT2D eigenvalue weighted by Crippen LogP contribution is 2.14. The Morgan fingerprint density at radius 2 is 1.89 bits per heavy atom. The lowest BCUT2D eigenvalue weighted by Crippen LogP contribution is -2.48. The van der Waals surface area contributed by atoms with Gasteiger partial charge in [0.05, 0.1) is 18.2 Å². The van der Waals surface area contributed by atoms with E-state index in [1.54, 1.807) is 6.26 Å². The molecule has 28 heavy (non-hydrogen) atoms. The third-order valence-electron chi connectivity index (χ3n) is 4.23. The first-order valence-electron chi connectivity index (χ1n) is 9.48. The van der Waals surface area contributed by atoms with Gasteiger partial charge in [-0.15, -0.1) is 0 Å². The molecule has 1 aromatic heterocycles. The standard InChI is InChI=1S/C21H29BrN4O2/c1-4-23-19(27)21(2,3)15-26-20(24-12-11-18-6-5-13-28-18)25-14-16-7-9-17(22)10-8-16/h5-10,13H,4,11-12,14-15H2,1-3H3,(H,23,27)(H2,24,25,26). The molecule has 3 N–H and O–H groups in total. The van der Waals surface area contributed by atoms with Gasteiger partial charge >= 0.3 is 0 Å². The second kappa shape index (κ2) is 10.9. The van der Waals surface area contributed by atoms with E-state index in [1.165, 1.54) is 0 Å². The number of nitrogens with zero attached hydrogens (tertiary/aromatic N) is 1. The van der Waals surface area contributed by atoms with Crippen molar-refractivity contribution in [3.63, 3.8) is 0 Å². The molecular weight excluding hydrogens is 420 g/mol. The second-order valence-corrected chi connectivity index (χ2v) is 8.06. The average Bonchev–Trinajstić information content (AvgIpc) is 3.18. The fraction of sp³-hybridized carbons (Fsp3) is 0.429. The van der Waals surface area contributed by atoms with Gasteiger partial charge in [-0.05, 0) is 50.6 Å². The molecule has 0 bridgehead atoms. The minimum Gasteiger partial charge on any atom is -0.469 e. The number of carbonyl (C=O) groups is 1. The molecule has 0 aliphatic rings. The van der Waals surface area contributed by atoms with Crippen molar-refractivity contribution >= 4 is 27.8 Å². The Morgan fingerprint density at radius 1 is 1.14 bits per heavy atom. The highest BCUT2D eigenvalue weighted by molar-refractivity contribution is 9.10. The SMILES string of the molecule is CCNC(=O)C(C)(C)CNC(=NCc1ccc(Br)cc1)NCCc1ccco1. The first-order chi connectivity index (χ1) is 13.4. The van der Waals surface area contributed by atoms with Crippen LogP contribution in [0.3, 0.4) is 0 Å². The van der Waals surface area contributed by atoms with Gasteiger partial charge < -0.3 is 20.4 Å². The number of guanidine groups is 1. The molecule has 152 valence electrons. The summed E-state index contributed by atoms with van der Waals surface area (Å²) in [6.07, 6.45) is 2.43. The molecule has 2 rings (SSSR count). The first-order valence-corrected chi connectivity index (χ1v) is 10.3. The summed E-state index contributed by atoms with van der Waals surface area (Å²) < 4.78 is 6.41. The molecule has 0 radical (unpaired) electrons. The summed E-state index contributed by atoms with van der Waals surface area (Å²) >= 11 is 3.44. The number of hydrogen-bond donors (Lipinski definition) is 3. The van der Waals surface area contributed by atoms with E-state index < -0.39 is 5.41 Å². The fourth-order valence-corrected chi connectivity index (χ4v) is 2.74. The van der Waals surface area contributed by atoms with E-state index in [1.807, 2.05) is 57.2 Å². The maximum absolute atomic E-state index is 12.2. The summed E-state index contributed by atoms with van der Waals surface area (Å²) in [6, 6.07) is 11.9. The van der Waals surface area contributed by atoms with Crippen molar-refractivity contribution in [2.24, 2.45) is 10.4 Å². The van der Waals surface area contributed by atoms with Gasteiger partial charge in [-0.3, -0.25) is 4.79 Å². The number of nitrogens with one attached hydrogen (secondary N) is 3. The summed E-state index contributed by atoms with van der Waals surface area (Å²) in [6.45, 7) is 8.08. The molecule has 0 saturated heterocycles. The Bertz CT molecular complexity index is 755. The minimum atomic E-state index is -0.545. The number of amides is 1. The molecule has 1 amide bonds. The zero-order chi connectivity index (χ0) is 20.4. The van der Waals surface area contributed by atoms with Crippen molar-refractivity contribution in [2.75, 3.05) is 19.6 Å². The predicted octanol–water partition coefficient (Wildman–Crippen LogP) is 3.48. The molecule has 0 saturated carbocycles. The van der Waals surface area contributed by atoms with Gasteiger partial charge in [0.15, 0.2) is 5.96 Å². The molecule has 0 fully saturated rings. The van der Waals surface area contributed by atoms with Gasteiger partial charge in [0.2, 0.25) is 5.91 Å². The number of aliphatic imine (C=N–C) groups is 1. The Kier molecular flexibility index (Phi) is 8.57. The van der Waals surface area contributed by atoms with Gasteiger partial charge in [-0.25, -0.2) is 4.99 Å². The molecule has 0 unspecified atom stereocenters. The zero-order valence-electron chi connectivity index (χ0n) is 16.7. The summed E-state index contributed by atoms with van der Waals surface area (Å²) in [5.41, 5.74) is 0.565.